The van der Waals surface area contributed by atoms with E-state index in [1.807, 2.05) is 86.0 Å². The van der Waals surface area contributed by atoms with Crippen molar-refractivity contribution in [3.05, 3.63) is 82.7 Å². The number of methoxy groups -OCH3 is 1. The van der Waals surface area contributed by atoms with E-state index in [9.17, 15) is 24.3 Å². The first-order valence-electron chi connectivity index (χ1n) is 20.2. The highest BCUT2D eigenvalue weighted by Gasteiger charge is 2.57. The molecule has 2 aliphatic heterocycles. The van der Waals surface area contributed by atoms with Crippen LogP contribution in [0.2, 0.25) is 5.15 Å². The van der Waals surface area contributed by atoms with Gasteiger partial charge in [0.15, 0.2) is 0 Å². The molecule has 308 valence electrons. The zero-order valence-corrected chi connectivity index (χ0v) is 34.7. The summed E-state index contributed by atoms with van der Waals surface area (Å²) in [5, 5.41) is 12.8. The van der Waals surface area contributed by atoms with Crippen LogP contribution in [0, 0.1) is 35.5 Å². The van der Waals surface area contributed by atoms with Gasteiger partial charge in [-0.2, -0.15) is 0 Å². The van der Waals surface area contributed by atoms with Crippen molar-refractivity contribution in [2.75, 3.05) is 14.2 Å². The first-order valence-corrected chi connectivity index (χ1v) is 20.6. The van der Waals surface area contributed by atoms with E-state index in [2.05, 4.69) is 27.1 Å². The van der Waals surface area contributed by atoms with Crippen LogP contribution in [-0.2, 0) is 14.3 Å². The van der Waals surface area contributed by atoms with Gasteiger partial charge in [0.1, 0.15) is 34.6 Å². The maximum atomic E-state index is 13.9. The molecule has 2 aromatic heterocycles. The second-order valence-corrected chi connectivity index (χ2v) is 17.3. The Hall–Kier alpha value is -5.81. The number of carbonyl (C=O) groups is 4. The molecular weight excluding hydrogens is 772 g/mol. The van der Waals surface area contributed by atoms with Gasteiger partial charge in [0.05, 0.1) is 31.1 Å². The fourth-order valence-electron chi connectivity index (χ4n) is 9.02. The molecule has 4 N–H and O–H groups in total. The molecule has 2 aliphatic carbocycles. The van der Waals surface area contributed by atoms with Crippen molar-refractivity contribution < 1.29 is 29.0 Å². The summed E-state index contributed by atoms with van der Waals surface area (Å²) in [6.07, 6.45) is 3.49. The van der Waals surface area contributed by atoms with Gasteiger partial charge in [-0.15, -0.1) is 0 Å². The third-order valence-electron chi connectivity index (χ3n) is 12.3. The molecule has 4 heterocycles. The third kappa shape index (κ3) is 7.76. The Morgan fingerprint density at radius 1 is 0.831 bits per heavy atom. The maximum absolute atomic E-state index is 13.9. The summed E-state index contributed by atoms with van der Waals surface area (Å²) >= 11 is 6.70. The number of amides is 4. The number of rotatable bonds is 10. The lowest BCUT2D eigenvalue weighted by Crippen LogP contribution is -2.52. The number of imidazole rings is 2. The van der Waals surface area contributed by atoms with Crippen LogP contribution in [0.25, 0.3) is 22.5 Å². The highest BCUT2D eigenvalue weighted by Crippen LogP contribution is 2.55. The molecule has 0 bridgehead atoms. The van der Waals surface area contributed by atoms with E-state index >= 15 is 0 Å². The lowest BCUT2D eigenvalue weighted by molar-refractivity contribution is -0.140. The van der Waals surface area contributed by atoms with Crippen molar-refractivity contribution in [2.24, 2.45) is 23.7 Å². The number of carboxylic acid groups (broad SMARTS) is 1. The number of nitrogens with one attached hydrogen (secondary N) is 3. The van der Waals surface area contributed by atoms with Gasteiger partial charge in [-0.1, -0.05) is 75.4 Å². The summed E-state index contributed by atoms with van der Waals surface area (Å²) in [5.41, 5.74) is 4.81. The van der Waals surface area contributed by atoms with Crippen molar-refractivity contribution in [3.8, 4) is 34.4 Å². The van der Waals surface area contributed by atoms with E-state index < -0.39 is 24.3 Å². The molecule has 2 saturated carbocycles. The molecule has 0 radical (unpaired) electrons. The summed E-state index contributed by atoms with van der Waals surface area (Å²) in [7, 11) is 2.74. The van der Waals surface area contributed by atoms with E-state index in [1.54, 1.807) is 6.20 Å². The number of nitrogens with zero attached hydrogens (tertiary/aromatic N) is 5. The summed E-state index contributed by atoms with van der Waals surface area (Å²) in [4.78, 5) is 72.5. The monoisotopic (exact) mass is 820 g/mol. The van der Waals surface area contributed by atoms with E-state index in [-0.39, 0.29) is 47.8 Å². The number of aromatic amines is 2. The number of likely N-dealkylation sites (N-methyl/N-ethyl adjacent to an activating group) is 1. The number of piperidine rings is 2. The fraction of sp³-hybridized carbons (Fsp3) is 0.455. The standard InChI is InChI=1S/C44H49ClN8O6/c1-22(2)35(49-43(56)59-6)41(54)52-31-17-28(31)19-33(52)39-46-21-30(47-39)26-13-9-24(10-14-26)7-8-25-11-15-27(16-12-25)36-38(45)50-40(48-36)34-20-29-18-32(29)53(34)42(55)37(23(3)4)51(5)44(57)58/h9-16,21-23,28-29,31-35,37H,17-20H2,1-6H3,(H,46,47)(H,48,50)(H,49,56)(H,57,58)/t28-,29-,31-,32-,33+,34+,35+,37+/m1/s1. The zero-order chi connectivity index (χ0) is 41.9. The molecule has 14 nitrogen and oxygen atoms in total. The Bertz CT molecular complexity index is 2330. The second kappa shape index (κ2) is 15.7. The summed E-state index contributed by atoms with van der Waals surface area (Å²) in [6, 6.07) is 13.8. The molecule has 4 amide bonds. The number of carbonyl (C=O) groups excluding carboxylic acids is 3. The van der Waals surface area contributed by atoms with Gasteiger partial charge >= 0.3 is 12.2 Å². The van der Waals surface area contributed by atoms with Crippen LogP contribution in [0.15, 0.2) is 54.7 Å². The fourth-order valence-corrected chi connectivity index (χ4v) is 9.27. The van der Waals surface area contributed by atoms with Crippen LogP contribution < -0.4 is 5.32 Å². The Kier molecular flexibility index (Phi) is 10.7. The number of hydrogen-bond donors (Lipinski definition) is 4. The molecule has 59 heavy (non-hydrogen) atoms. The molecule has 15 heteroatoms. The first-order chi connectivity index (χ1) is 28.2. The Balaban J connectivity index is 0.922. The topological polar surface area (TPSA) is 177 Å². The summed E-state index contributed by atoms with van der Waals surface area (Å²) in [6.45, 7) is 7.54. The SMILES string of the molecule is COC(=O)N[C@H](C(=O)N1[C@@H]2C[C@@H]2C[C@H]1c1ncc(-c2ccc(C#Cc3ccc(-c4nc([C@@H]5C[C@H]6C[C@H]6N5C(=O)[C@H](C(C)C)N(C)C(=O)O)[nH]c4Cl)cc3)cc2)[nH]1)C(C)C. The summed E-state index contributed by atoms with van der Waals surface area (Å²) in [5.74, 6) is 7.98. The normalized spacial score (nSPS) is 23.5. The van der Waals surface area contributed by atoms with Gasteiger partial charge in [-0.3, -0.25) is 14.5 Å². The minimum atomic E-state index is -1.14. The average molecular weight is 821 g/mol. The number of alkyl carbamates (subject to hydrolysis) is 1. The molecule has 4 fully saturated rings. The number of fused-ring (bicyclic) bond motifs is 2. The minimum absolute atomic E-state index is 0.0792. The smallest absolute Gasteiger partial charge is 0.407 e. The molecule has 4 aliphatic rings. The molecule has 8 atom stereocenters. The molecule has 4 aromatic rings. The molecule has 0 spiro atoms. The largest absolute Gasteiger partial charge is 0.465 e. The van der Waals surface area contributed by atoms with Gasteiger partial charge in [0.2, 0.25) is 11.8 Å². The molecule has 2 saturated heterocycles. The third-order valence-corrected chi connectivity index (χ3v) is 12.6. The number of ether oxygens (including phenoxy) is 1. The van der Waals surface area contributed by atoms with E-state index in [4.69, 9.17) is 26.3 Å². The number of H-pyrrole nitrogens is 2. The molecule has 2 aromatic carbocycles. The summed E-state index contributed by atoms with van der Waals surface area (Å²) < 4.78 is 4.78. The van der Waals surface area contributed by atoms with Crippen LogP contribution in [0.4, 0.5) is 9.59 Å². The van der Waals surface area contributed by atoms with Crippen molar-refractivity contribution in [1.29, 1.82) is 0 Å². The predicted molar refractivity (Wildman–Crippen MR) is 220 cm³/mol. The van der Waals surface area contributed by atoms with Crippen molar-refractivity contribution in [2.45, 2.75) is 89.6 Å². The van der Waals surface area contributed by atoms with Gasteiger partial charge in [0, 0.05) is 35.8 Å². The lowest BCUT2D eigenvalue weighted by atomic mass is 10.0. The van der Waals surface area contributed by atoms with Gasteiger partial charge in [0.25, 0.3) is 0 Å². The van der Waals surface area contributed by atoms with Gasteiger partial charge in [-0.25, -0.2) is 19.6 Å². The number of hydrogen-bond acceptors (Lipinski definition) is 7. The molecule has 0 unspecified atom stereocenters. The number of halogens is 1. The Labute approximate surface area is 348 Å². The van der Waals surface area contributed by atoms with Crippen LogP contribution in [0.1, 0.15) is 88.2 Å². The molecular formula is C44H49ClN8O6. The first kappa shape index (κ1) is 40.0. The highest BCUT2D eigenvalue weighted by atomic mass is 35.5. The number of aromatic nitrogens is 4. The van der Waals surface area contributed by atoms with E-state index in [1.165, 1.54) is 14.2 Å². The van der Waals surface area contributed by atoms with Crippen molar-refractivity contribution in [3.63, 3.8) is 0 Å². The predicted octanol–water partition coefficient (Wildman–Crippen LogP) is 6.86. The highest BCUT2D eigenvalue weighted by molar-refractivity contribution is 6.31. The minimum Gasteiger partial charge on any atom is -0.465 e. The Morgan fingerprint density at radius 2 is 1.39 bits per heavy atom. The number of benzene rings is 2. The van der Waals surface area contributed by atoms with Crippen LogP contribution in [0.5, 0.6) is 0 Å². The quantitative estimate of drug-likeness (QED) is 0.126. The Morgan fingerprint density at radius 3 is 1.93 bits per heavy atom. The maximum Gasteiger partial charge on any atom is 0.407 e. The lowest BCUT2D eigenvalue weighted by Gasteiger charge is -2.35. The number of likely N-dealkylation sites (tertiary alicyclic amines) is 2. The van der Waals surface area contributed by atoms with Crippen LogP contribution in [0.3, 0.4) is 0 Å². The van der Waals surface area contributed by atoms with E-state index in [0.29, 0.717) is 28.5 Å². The van der Waals surface area contributed by atoms with Crippen LogP contribution >= 0.6 is 11.6 Å². The van der Waals surface area contributed by atoms with Gasteiger partial charge in [-0.05, 0) is 79.2 Å². The van der Waals surface area contributed by atoms with Crippen LogP contribution in [-0.4, -0.2) is 102 Å². The van der Waals surface area contributed by atoms with Crippen molar-refractivity contribution in [1.82, 2.24) is 40.0 Å². The van der Waals surface area contributed by atoms with Gasteiger partial charge < -0.3 is 34.9 Å². The average Bonchev–Trinajstić information content (AvgIpc) is 3.86. The zero-order valence-electron chi connectivity index (χ0n) is 33.9. The van der Waals surface area contributed by atoms with E-state index in [0.717, 1.165) is 64.4 Å². The second-order valence-electron chi connectivity index (χ2n) is 16.9. The molecule has 8 rings (SSSR count). The van der Waals surface area contributed by atoms with Crippen molar-refractivity contribution >= 4 is 35.6 Å².